The van der Waals surface area contributed by atoms with Gasteiger partial charge < -0.3 is 4.42 Å². The van der Waals surface area contributed by atoms with E-state index in [9.17, 15) is 0 Å². The van der Waals surface area contributed by atoms with Crippen molar-refractivity contribution < 1.29 is 4.42 Å². The average Bonchev–Trinajstić information content (AvgIpc) is 2.13. The summed E-state index contributed by atoms with van der Waals surface area (Å²) in [5.74, 6) is 1.47. The highest BCUT2D eigenvalue weighted by atomic mass is 16.4. The Kier molecular flexibility index (Phi) is 1.39. The molecule has 0 spiro atoms. The lowest BCUT2D eigenvalue weighted by Crippen LogP contribution is -1.71. The summed E-state index contributed by atoms with van der Waals surface area (Å²) in [5.41, 5.74) is 0.935. The molecule has 2 heteroatoms. The lowest BCUT2D eigenvalue weighted by Gasteiger charge is -1.77. The van der Waals surface area contributed by atoms with Crippen LogP contribution in [-0.2, 0) is 0 Å². The van der Waals surface area contributed by atoms with Crippen LogP contribution in [0.2, 0.25) is 0 Å². The van der Waals surface area contributed by atoms with Crippen molar-refractivity contribution in [2.24, 2.45) is 0 Å². The summed E-state index contributed by atoms with van der Waals surface area (Å²) in [6.07, 6.45) is 1.60. The topological polar surface area (TPSA) is 26.0 Å². The van der Waals surface area contributed by atoms with Crippen LogP contribution in [0.3, 0.4) is 0 Å². The van der Waals surface area contributed by atoms with Gasteiger partial charge in [0.2, 0.25) is 5.89 Å². The summed E-state index contributed by atoms with van der Waals surface area (Å²) in [7, 11) is 0. The van der Waals surface area contributed by atoms with Crippen molar-refractivity contribution in [3.63, 3.8) is 0 Å². The summed E-state index contributed by atoms with van der Waals surface area (Å²) < 4.78 is 5.13. The highest BCUT2D eigenvalue weighted by Crippen LogP contribution is 2.07. The van der Waals surface area contributed by atoms with Crippen LogP contribution in [0.5, 0.6) is 0 Å². The summed E-state index contributed by atoms with van der Waals surface area (Å²) in [4.78, 5) is 4.04. The Labute approximate surface area is 54.2 Å². The molecule has 0 saturated heterocycles. The molecule has 48 valence electrons. The zero-order valence-corrected chi connectivity index (χ0v) is 5.64. The molecule has 1 aromatic heterocycles. The maximum Gasteiger partial charge on any atom is 0.218 e. The van der Waals surface area contributed by atoms with Gasteiger partial charge in [-0.05, 0) is 19.9 Å². The van der Waals surface area contributed by atoms with E-state index >= 15 is 0 Å². The Morgan fingerprint density at radius 2 is 2.22 bits per heavy atom. The van der Waals surface area contributed by atoms with Crippen LogP contribution in [0.1, 0.15) is 17.3 Å². The number of rotatable bonds is 1. The zero-order chi connectivity index (χ0) is 6.85. The van der Waals surface area contributed by atoms with E-state index in [4.69, 9.17) is 4.42 Å². The molecule has 0 N–H and O–H groups in total. The lowest BCUT2D eigenvalue weighted by atomic mass is 10.4. The molecule has 9 heavy (non-hydrogen) atoms. The average molecular weight is 123 g/mol. The molecule has 1 rings (SSSR count). The van der Waals surface area contributed by atoms with E-state index in [0.717, 1.165) is 11.5 Å². The second-order valence-electron chi connectivity index (χ2n) is 1.90. The molecule has 0 amide bonds. The third kappa shape index (κ3) is 1.02. The number of oxazole rings is 1. The monoisotopic (exact) mass is 123 g/mol. The van der Waals surface area contributed by atoms with Gasteiger partial charge in [-0.1, -0.05) is 6.58 Å². The first-order valence-corrected chi connectivity index (χ1v) is 2.80. The first-order chi connectivity index (χ1) is 4.24. The second kappa shape index (κ2) is 2.05. The number of hydrogen-bond acceptors (Lipinski definition) is 2. The minimum atomic E-state index is 0.602. The quantitative estimate of drug-likeness (QED) is 0.570. The van der Waals surface area contributed by atoms with E-state index in [-0.39, 0.29) is 0 Å². The van der Waals surface area contributed by atoms with Crippen LogP contribution < -0.4 is 0 Å². The predicted molar refractivity (Wildman–Crippen MR) is 36.1 cm³/mol. The van der Waals surface area contributed by atoms with Gasteiger partial charge in [0.1, 0.15) is 5.76 Å². The van der Waals surface area contributed by atoms with Gasteiger partial charge in [0.15, 0.2) is 0 Å². The SMILES string of the molecule is C=Cc1nc(C)c(C)o1. The van der Waals surface area contributed by atoms with Gasteiger partial charge in [0.05, 0.1) is 5.69 Å². The van der Waals surface area contributed by atoms with Gasteiger partial charge in [-0.2, -0.15) is 0 Å². The fourth-order valence-corrected chi connectivity index (χ4v) is 0.585. The molecular weight excluding hydrogens is 114 g/mol. The molecule has 0 aliphatic heterocycles. The maximum atomic E-state index is 5.13. The van der Waals surface area contributed by atoms with E-state index in [1.165, 1.54) is 0 Å². The molecular formula is C7H9NO. The van der Waals surface area contributed by atoms with Crippen molar-refractivity contribution in [3.8, 4) is 0 Å². The van der Waals surface area contributed by atoms with Crippen LogP contribution in [0.25, 0.3) is 6.08 Å². The Morgan fingerprint density at radius 1 is 1.56 bits per heavy atom. The van der Waals surface area contributed by atoms with Crippen LogP contribution in [0, 0.1) is 13.8 Å². The summed E-state index contributed by atoms with van der Waals surface area (Å²) in [6, 6.07) is 0. The Balaban J connectivity index is 3.11. The first-order valence-electron chi connectivity index (χ1n) is 2.80. The molecule has 0 aliphatic carbocycles. The summed E-state index contributed by atoms with van der Waals surface area (Å²) in [6.45, 7) is 7.32. The summed E-state index contributed by atoms with van der Waals surface area (Å²) >= 11 is 0. The van der Waals surface area contributed by atoms with E-state index in [1.54, 1.807) is 6.08 Å². The normalized spacial score (nSPS) is 9.56. The van der Waals surface area contributed by atoms with Gasteiger partial charge in [0.25, 0.3) is 0 Å². The molecule has 0 aliphatic rings. The van der Waals surface area contributed by atoms with Crippen molar-refractivity contribution in [3.05, 3.63) is 23.9 Å². The Hall–Kier alpha value is -1.05. The molecule has 1 heterocycles. The highest BCUT2D eigenvalue weighted by molar-refractivity contribution is 5.34. The number of aromatic nitrogens is 1. The van der Waals surface area contributed by atoms with Gasteiger partial charge in [-0.15, -0.1) is 0 Å². The third-order valence-electron chi connectivity index (χ3n) is 1.22. The van der Waals surface area contributed by atoms with Crippen molar-refractivity contribution in [2.75, 3.05) is 0 Å². The van der Waals surface area contributed by atoms with Crippen LogP contribution in [0.4, 0.5) is 0 Å². The Morgan fingerprint density at radius 3 is 2.44 bits per heavy atom. The van der Waals surface area contributed by atoms with Gasteiger partial charge in [-0.25, -0.2) is 4.98 Å². The Bertz CT molecular complexity index is 205. The maximum absolute atomic E-state index is 5.13. The molecule has 0 fully saturated rings. The molecule has 0 aromatic carbocycles. The van der Waals surface area contributed by atoms with Crippen molar-refractivity contribution in [2.45, 2.75) is 13.8 Å². The molecule has 0 radical (unpaired) electrons. The molecule has 0 saturated carbocycles. The van der Waals surface area contributed by atoms with Crippen molar-refractivity contribution in [1.29, 1.82) is 0 Å². The minimum absolute atomic E-state index is 0.602. The minimum Gasteiger partial charge on any atom is -0.442 e. The first kappa shape index (κ1) is 6.08. The van der Waals surface area contributed by atoms with E-state index in [1.807, 2.05) is 13.8 Å². The largest absolute Gasteiger partial charge is 0.442 e. The number of aryl methyl sites for hydroxylation is 2. The second-order valence-corrected chi connectivity index (χ2v) is 1.90. The standard InChI is InChI=1S/C7H9NO/c1-4-7-8-5(2)6(3)9-7/h4H,1H2,2-3H3. The van der Waals surface area contributed by atoms with Crippen LogP contribution in [-0.4, -0.2) is 4.98 Å². The third-order valence-corrected chi connectivity index (χ3v) is 1.22. The fraction of sp³-hybridized carbons (Fsp3) is 0.286. The number of hydrogen-bond donors (Lipinski definition) is 0. The van der Waals surface area contributed by atoms with Crippen molar-refractivity contribution in [1.82, 2.24) is 4.98 Å². The molecule has 2 nitrogen and oxygen atoms in total. The molecule has 0 bridgehead atoms. The smallest absolute Gasteiger partial charge is 0.218 e. The molecule has 0 atom stereocenters. The van der Waals surface area contributed by atoms with E-state index in [0.29, 0.717) is 5.89 Å². The highest BCUT2D eigenvalue weighted by Gasteiger charge is 1.99. The van der Waals surface area contributed by atoms with Gasteiger partial charge in [-0.3, -0.25) is 0 Å². The molecule has 0 unspecified atom stereocenters. The van der Waals surface area contributed by atoms with Crippen molar-refractivity contribution >= 4 is 6.08 Å². The van der Waals surface area contributed by atoms with Gasteiger partial charge >= 0.3 is 0 Å². The predicted octanol–water partition coefficient (Wildman–Crippen LogP) is 1.93. The summed E-state index contributed by atoms with van der Waals surface area (Å²) in [5, 5.41) is 0. The van der Waals surface area contributed by atoms with Crippen LogP contribution >= 0.6 is 0 Å². The van der Waals surface area contributed by atoms with E-state index in [2.05, 4.69) is 11.6 Å². The van der Waals surface area contributed by atoms with E-state index < -0.39 is 0 Å². The van der Waals surface area contributed by atoms with Crippen LogP contribution in [0.15, 0.2) is 11.0 Å². The van der Waals surface area contributed by atoms with Gasteiger partial charge in [0, 0.05) is 0 Å². The number of nitrogens with zero attached hydrogens (tertiary/aromatic N) is 1. The lowest BCUT2D eigenvalue weighted by molar-refractivity contribution is 0.515. The zero-order valence-electron chi connectivity index (χ0n) is 5.64. The molecule has 1 aromatic rings. The fourth-order valence-electron chi connectivity index (χ4n) is 0.585.